The van der Waals surface area contributed by atoms with Gasteiger partial charge in [0.05, 0.1) is 12.2 Å². The maximum Gasteiger partial charge on any atom is 0.335 e. The molecule has 1 heterocycles. The van der Waals surface area contributed by atoms with Crippen molar-refractivity contribution in [2.45, 2.75) is 5.16 Å². The largest absolute Gasteiger partial charge is 0.493 e. The van der Waals surface area contributed by atoms with Crippen LogP contribution in [0.4, 0.5) is 0 Å². The van der Waals surface area contributed by atoms with Crippen LogP contribution in [0.25, 0.3) is 0 Å². The molecule has 100 valence electrons. The van der Waals surface area contributed by atoms with Crippen molar-refractivity contribution in [3.8, 4) is 5.75 Å². The van der Waals surface area contributed by atoms with Gasteiger partial charge in [0.15, 0.2) is 5.16 Å². The van der Waals surface area contributed by atoms with Gasteiger partial charge in [0.25, 0.3) is 0 Å². The molecule has 0 saturated heterocycles. The lowest BCUT2D eigenvalue weighted by atomic mass is 10.2. The number of ether oxygens (including phenoxy) is 1. The topological polar surface area (TPSA) is 77.2 Å². The number of aryl methyl sites for hydroxylation is 1. The monoisotopic (exact) mass is 279 g/mol. The van der Waals surface area contributed by atoms with Gasteiger partial charge in [0.2, 0.25) is 0 Å². The highest BCUT2D eigenvalue weighted by Crippen LogP contribution is 2.15. The lowest BCUT2D eigenvalue weighted by Gasteiger charge is -2.05. The van der Waals surface area contributed by atoms with Crippen molar-refractivity contribution in [1.82, 2.24) is 14.8 Å². The van der Waals surface area contributed by atoms with Crippen LogP contribution in [0.15, 0.2) is 35.7 Å². The van der Waals surface area contributed by atoms with E-state index in [1.54, 1.807) is 30.2 Å². The van der Waals surface area contributed by atoms with E-state index in [1.165, 1.54) is 12.1 Å². The van der Waals surface area contributed by atoms with Gasteiger partial charge in [-0.25, -0.2) is 4.79 Å². The summed E-state index contributed by atoms with van der Waals surface area (Å²) in [5, 5.41) is 17.3. The van der Waals surface area contributed by atoms with Crippen LogP contribution >= 0.6 is 11.8 Å². The predicted molar refractivity (Wildman–Crippen MR) is 70.6 cm³/mol. The third-order valence-corrected chi connectivity index (χ3v) is 3.35. The Labute approximate surface area is 114 Å². The summed E-state index contributed by atoms with van der Waals surface area (Å²) in [5.41, 5.74) is 0.251. The first-order valence-electron chi connectivity index (χ1n) is 5.60. The Morgan fingerprint density at radius 3 is 2.74 bits per heavy atom. The van der Waals surface area contributed by atoms with Crippen LogP contribution in [0.2, 0.25) is 0 Å². The smallest absolute Gasteiger partial charge is 0.335 e. The molecule has 7 heteroatoms. The number of benzene rings is 1. The Kier molecular flexibility index (Phi) is 4.40. The number of rotatable bonds is 6. The van der Waals surface area contributed by atoms with Gasteiger partial charge in [-0.1, -0.05) is 11.8 Å². The van der Waals surface area contributed by atoms with Crippen LogP contribution in [0.1, 0.15) is 10.4 Å². The fraction of sp³-hybridized carbons (Fsp3) is 0.250. The number of carbonyl (C=O) groups is 1. The molecular weight excluding hydrogens is 266 g/mol. The first kappa shape index (κ1) is 13.4. The number of aromatic carboxylic acids is 1. The van der Waals surface area contributed by atoms with Crippen molar-refractivity contribution < 1.29 is 14.6 Å². The van der Waals surface area contributed by atoms with Gasteiger partial charge in [0.1, 0.15) is 12.1 Å². The molecule has 0 aliphatic rings. The van der Waals surface area contributed by atoms with E-state index in [-0.39, 0.29) is 5.56 Å². The van der Waals surface area contributed by atoms with Crippen LogP contribution in [0, 0.1) is 0 Å². The molecule has 0 radical (unpaired) electrons. The fourth-order valence-corrected chi connectivity index (χ4v) is 2.09. The van der Waals surface area contributed by atoms with Crippen LogP contribution in [-0.4, -0.2) is 38.2 Å². The van der Waals surface area contributed by atoms with E-state index in [4.69, 9.17) is 9.84 Å². The summed E-state index contributed by atoms with van der Waals surface area (Å²) in [5.74, 6) is 0.459. The van der Waals surface area contributed by atoms with Gasteiger partial charge in [-0.3, -0.25) is 0 Å². The van der Waals surface area contributed by atoms with Gasteiger partial charge in [-0.2, -0.15) is 0 Å². The van der Waals surface area contributed by atoms with Crippen molar-refractivity contribution in [2.24, 2.45) is 7.05 Å². The first-order valence-corrected chi connectivity index (χ1v) is 6.58. The molecule has 6 nitrogen and oxygen atoms in total. The second kappa shape index (κ2) is 6.24. The molecule has 1 aromatic carbocycles. The Bertz CT molecular complexity index is 554. The van der Waals surface area contributed by atoms with Gasteiger partial charge >= 0.3 is 5.97 Å². The molecule has 0 spiro atoms. The summed E-state index contributed by atoms with van der Waals surface area (Å²) in [6.07, 6.45) is 1.65. The van der Waals surface area contributed by atoms with E-state index in [9.17, 15) is 4.79 Å². The van der Waals surface area contributed by atoms with Crippen molar-refractivity contribution in [1.29, 1.82) is 0 Å². The van der Waals surface area contributed by atoms with Crippen molar-refractivity contribution >= 4 is 17.7 Å². The standard InChI is InChI=1S/C12H13N3O3S/c1-15-8-13-14-12(15)19-7-6-18-10-4-2-9(3-5-10)11(16)17/h2-5,8H,6-7H2,1H3,(H,16,17). The van der Waals surface area contributed by atoms with Gasteiger partial charge in [-0.15, -0.1) is 10.2 Å². The molecule has 2 rings (SSSR count). The lowest BCUT2D eigenvalue weighted by Crippen LogP contribution is -2.02. The second-order valence-corrected chi connectivity index (χ2v) is 4.81. The van der Waals surface area contributed by atoms with Crippen LogP contribution in [0.3, 0.4) is 0 Å². The van der Waals surface area contributed by atoms with E-state index >= 15 is 0 Å². The molecule has 0 unspecified atom stereocenters. The number of thioether (sulfide) groups is 1. The van der Waals surface area contributed by atoms with Crippen molar-refractivity contribution in [2.75, 3.05) is 12.4 Å². The summed E-state index contributed by atoms with van der Waals surface area (Å²) in [4.78, 5) is 10.7. The minimum atomic E-state index is -0.940. The average molecular weight is 279 g/mol. The van der Waals surface area contributed by atoms with Crippen LogP contribution in [-0.2, 0) is 7.05 Å². The van der Waals surface area contributed by atoms with E-state index in [2.05, 4.69) is 10.2 Å². The minimum absolute atomic E-state index is 0.251. The van der Waals surface area contributed by atoms with E-state index < -0.39 is 5.97 Å². The number of hydrogen-bond acceptors (Lipinski definition) is 5. The fourth-order valence-electron chi connectivity index (χ4n) is 1.39. The average Bonchev–Trinajstić information content (AvgIpc) is 2.81. The highest BCUT2D eigenvalue weighted by Gasteiger charge is 2.03. The summed E-state index contributed by atoms with van der Waals surface area (Å²) < 4.78 is 7.35. The molecule has 0 aliphatic carbocycles. The Morgan fingerprint density at radius 1 is 1.42 bits per heavy atom. The quantitative estimate of drug-likeness (QED) is 0.640. The molecule has 0 fully saturated rings. The van der Waals surface area contributed by atoms with E-state index in [1.807, 2.05) is 11.6 Å². The number of carboxylic acid groups (broad SMARTS) is 1. The number of hydrogen-bond donors (Lipinski definition) is 1. The summed E-state index contributed by atoms with van der Waals surface area (Å²) >= 11 is 1.55. The second-order valence-electron chi connectivity index (χ2n) is 3.75. The molecule has 1 N–H and O–H groups in total. The van der Waals surface area contributed by atoms with E-state index in [0.717, 1.165) is 10.9 Å². The minimum Gasteiger partial charge on any atom is -0.493 e. The zero-order chi connectivity index (χ0) is 13.7. The summed E-state index contributed by atoms with van der Waals surface area (Å²) in [7, 11) is 1.88. The molecule has 19 heavy (non-hydrogen) atoms. The zero-order valence-electron chi connectivity index (χ0n) is 10.3. The summed E-state index contributed by atoms with van der Waals surface area (Å²) in [6, 6.07) is 6.34. The molecule has 0 aliphatic heterocycles. The molecule has 1 aromatic heterocycles. The molecular formula is C12H13N3O3S. The lowest BCUT2D eigenvalue weighted by molar-refractivity contribution is 0.0697. The van der Waals surface area contributed by atoms with Gasteiger partial charge in [0, 0.05) is 12.8 Å². The highest BCUT2D eigenvalue weighted by molar-refractivity contribution is 7.99. The molecule has 0 bridgehead atoms. The van der Waals surface area contributed by atoms with Gasteiger partial charge < -0.3 is 14.4 Å². The molecule has 0 atom stereocenters. The predicted octanol–water partition coefficient (Wildman–Crippen LogP) is 1.68. The van der Waals surface area contributed by atoms with Gasteiger partial charge in [-0.05, 0) is 24.3 Å². The summed E-state index contributed by atoms with van der Waals surface area (Å²) in [6.45, 7) is 0.518. The zero-order valence-corrected chi connectivity index (χ0v) is 11.1. The third-order valence-electron chi connectivity index (χ3n) is 2.35. The Hall–Kier alpha value is -2.02. The molecule has 2 aromatic rings. The maximum absolute atomic E-state index is 10.7. The van der Waals surface area contributed by atoms with Crippen molar-refractivity contribution in [3.05, 3.63) is 36.2 Å². The maximum atomic E-state index is 10.7. The normalized spacial score (nSPS) is 10.4. The van der Waals surface area contributed by atoms with E-state index in [0.29, 0.717) is 12.4 Å². The number of carboxylic acids is 1. The number of nitrogens with zero attached hydrogens (tertiary/aromatic N) is 3. The first-order chi connectivity index (χ1) is 9.16. The number of aromatic nitrogens is 3. The molecule has 0 amide bonds. The Morgan fingerprint density at radius 2 is 2.16 bits per heavy atom. The van der Waals surface area contributed by atoms with Crippen molar-refractivity contribution in [3.63, 3.8) is 0 Å². The SMILES string of the molecule is Cn1cnnc1SCCOc1ccc(C(=O)O)cc1. The molecule has 0 saturated carbocycles. The van der Waals surface area contributed by atoms with Crippen LogP contribution < -0.4 is 4.74 Å². The van der Waals surface area contributed by atoms with Crippen LogP contribution in [0.5, 0.6) is 5.75 Å². The Balaban J connectivity index is 1.76. The third kappa shape index (κ3) is 3.72. The highest BCUT2D eigenvalue weighted by atomic mass is 32.2.